The van der Waals surface area contributed by atoms with Crippen LogP contribution in [-0.2, 0) is 4.74 Å². The maximum Gasteiger partial charge on any atom is 0.261 e. The van der Waals surface area contributed by atoms with Gasteiger partial charge in [0.25, 0.3) is 5.91 Å². The number of nitrogen functional groups attached to an aromatic ring is 1. The molecule has 0 aromatic carbocycles. The van der Waals surface area contributed by atoms with Crippen molar-refractivity contribution in [3.63, 3.8) is 0 Å². The summed E-state index contributed by atoms with van der Waals surface area (Å²) >= 11 is 1.34. The van der Waals surface area contributed by atoms with E-state index in [2.05, 4.69) is 15.3 Å². The number of amides is 1. The molecule has 3 atom stereocenters. The average Bonchev–Trinajstić information content (AvgIpc) is 3.37. The van der Waals surface area contributed by atoms with Crippen LogP contribution < -0.4 is 11.1 Å². The zero-order chi connectivity index (χ0) is 19.1. The highest BCUT2D eigenvalue weighted by molar-refractivity contribution is 7.17. The Labute approximate surface area is 158 Å². The summed E-state index contributed by atoms with van der Waals surface area (Å²) in [6, 6.07) is 3.60. The van der Waals surface area contributed by atoms with E-state index in [0.29, 0.717) is 28.1 Å². The van der Waals surface area contributed by atoms with E-state index in [9.17, 15) is 15.0 Å². The molecule has 3 unspecified atom stereocenters. The number of anilines is 1. The van der Waals surface area contributed by atoms with E-state index in [4.69, 9.17) is 10.5 Å². The van der Waals surface area contributed by atoms with Crippen molar-refractivity contribution >= 4 is 34.1 Å². The zero-order valence-electron chi connectivity index (χ0n) is 14.5. The SMILES string of the molecule is CNC(=O)c1ccc(-c2cn(C3CC(O)C(CO)O3)c3ncnc(N)c23)s1. The van der Waals surface area contributed by atoms with E-state index in [0.717, 1.165) is 10.4 Å². The highest BCUT2D eigenvalue weighted by Crippen LogP contribution is 2.40. The Morgan fingerprint density at radius 2 is 2.30 bits per heavy atom. The van der Waals surface area contributed by atoms with Crippen LogP contribution in [0.25, 0.3) is 21.5 Å². The van der Waals surface area contributed by atoms with Crippen LogP contribution in [0.3, 0.4) is 0 Å². The first kappa shape index (κ1) is 17.9. The standard InChI is InChI=1S/C17H19N5O4S/c1-19-17(25)12-3-2-11(27-12)8-5-22(13-4-9(24)10(6-23)26-13)16-14(8)15(18)20-7-21-16/h2-3,5,7,9-10,13,23-24H,4,6H2,1H3,(H,19,25)(H2,18,20,21). The number of nitrogens with one attached hydrogen (secondary N) is 1. The van der Waals surface area contributed by atoms with Gasteiger partial charge in [-0.15, -0.1) is 11.3 Å². The Balaban J connectivity index is 1.83. The molecule has 1 saturated heterocycles. The molecule has 0 radical (unpaired) electrons. The number of aromatic nitrogens is 3. The van der Waals surface area contributed by atoms with Crippen LogP contribution in [0.5, 0.6) is 0 Å². The molecule has 0 aliphatic carbocycles. The Morgan fingerprint density at radius 1 is 1.48 bits per heavy atom. The number of nitrogens with zero attached hydrogens (tertiary/aromatic N) is 3. The van der Waals surface area contributed by atoms with Gasteiger partial charge in [0, 0.05) is 30.1 Å². The third-order valence-corrected chi connectivity index (χ3v) is 5.77. The first-order valence-corrected chi connectivity index (χ1v) is 9.22. The highest BCUT2D eigenvalue weighted by Gasteiger charge is 2.35. The third-order valence-electron chi connectivity index (χ3n) is 4.66. The Hall–Kier alpha value is -2.53. The van der Waals surface area contributed by atoms with Gasteiger partial charge in [-0.2, -0.15) is 0 Å². The minimum absolute atomic E-state index is 0.160. The number of hydrogen-bond acceptors (Lipinski definition) is 8. The molecule has 1 aliphatic heterocycles. The summed E-state index contributed by atoms with van der Waals surface area (Å²) < 4.78 is 7.56. The van der Waals surface area contributed by atoms with Gasteiger partial charge in [-0.1, -0.05) is 0 Å². The second kappa shape index (κ2) is 6.89. The fourth-order valence-electron chi connectivity index (χ4n) is 3.29. The molecule has 3 aromatic heterocycles. The van der Waals surface area contributed by atoms with Crippen LogP contribution in [0.4, 0.5) is 5.82 Å². The minimum Gasteiger partial charge on any atom is -0.394 e. The molecule has 0 spiro atoms. The van der Waals surface area contributed by atoms with Gasteiger partial charge >= 0.3 is 0 Å². The van der Waals surface area contributed by atoms with Crippen LogP contribution in [0.15, 0.2) is 24.7 Å². The number of thiophene rings is 1. The van der Waals surface area contributed by atoms with Crippen molar-refractivity contribution in [3.8, 4) is 10.4 Å². The van der Waals surface area contributed by atoms with Gasteiger partial charge < -0.3 is 30.6 Å². The highest BCUT2D eigenvalue weighted by atomic mass is 32.1. The molecule has 1 aliphatic rings. The normalized spacial score (nSPS) is 22.4. The summed E-state index contributed by atoms with van der Waals surface area (Å²) in [6.45, 7) is -0.263. The van der Waals surface area contributed by atoms with Crippen LogP contribution in [0.2, 0.25) is 0 Å². The molecule has 142 valence electrons. The largest absolute Gasteiger partial charge is 0.394 e. The van der Waals surface area contributed by atoms with E-state index >= 15 is 0 Å². The number of hydrogen-bond donors (Lipinski definition) is 4. The predicted octanol–water partition coefficient (Wildman–Crippen LogP) is 0.742. The molecular weight excluding hydrogens is 370 g/mol. The van der Waals surface area contributed by atoms with E-state index in [1.54, 1.807) is 17.7 Å². The second-order valence-corrected chi connectivity index (χ2v) is 7.35. The molecular formula is C17H19N5O4S. The zero-order valence-corrected chi connectivity index (χ0v) is 15.3. The summed E-state index contributed by atoms with van der Waals surface area (Å²) in [5.41, 5.74) is 7.47. The van der Waals surface area contributed by atoms with Gasteiger partial charge in [0.15, 0.2) is 0 Å². The Morgan fingerprint density at radius 3 is 3.00 bits per heavy atom. The lowest BCUT2D eigenvalue weighted by Gasteiger charge is -2.14. The van der Waals surface area contributed by atoms with E-state index in [1.165, 1.54) is 17.7 Å². The Kier molecular flexibility index (Phi) is 4.56. The molecule has 1 fully saturated rings. The molecule has 0 saturated carbocycles. The van der Waals surface area contributed by atoms with Crippen molar-refractivity contribution in [2.45, 2.75) is 24.9 Å². The van der Waals surface area contributed by atoms with Gasteiger partial charge in [-0.05, 0) is 12.1 Å². The number of ether oxygens (including phenoxy) is 1. The Bertz CT molecular complexity index is 1000. The minimum atomic E-state index is -0.762. The number of carbonyl (C=O) groups excluding carboxylic acids is 1. The van der Waals surface area contributed by atoms with Crippen LogP contribution in [0.1, 0.15) is 22.3 Å². The van der Waals surface area contributed by atoms with E-state index in [1.807, 2.05) is 12.3 Å². The van der Waals surface area contributed by atoms with Gasteiger partial charge in [0.1, 0.15) is 30.1 Å². The maximum atomic E-state index is 11.9. The number of fused-ring (bicyclic) bond motifs is 1. The fraction of sp³-hybridized carbons (Fsp3) is 0.353. The van der Waals surface area contributed by atoms with Crippen molar-refractivity contribution in [1.29, 1.82) is 0 Å². The predicted molar refractivity (Wildman–Crippen MR) is 100 cm³/mol. The molecule has 1 amide bonds. The van der Waals surface area contributed by atoms with Gasteiger partial charge in [0.05, 0.1) is 23.0 Å². The van der Waals surface area contributed by atoms with Crippen LogP contribution in [0, 0.1) is 0 Å². The van der Waals surface area contributed by atoms with Crippen molar-refractivity contribution in [1.82, 2.24) is 19.9 Å². The quantitative estimate of drug-likeness (QED) is 0.517. The molecule has 9 nitrogen and oxygen atoms in total. The maximum absolute atomic E-state index is 11.9. The third kappa shape index (κ3) is 2.96. The number of aliphatic hydroxyl groups excluding tert-OH is 2. The summed E-state index contributed by atoms with van der Waals surface area (Å²) in [6.07, 6.45) is 1.65. The summed E-state index contributed by atoms with van der Waals surface area (Å²) in [4.78, 5) is 21.7. The smallest absolute Gasteiger partial charge is 0.261 e. The van der Waals surface area contributed by atoms with Gasteiger partial charge in [-0.3, -0.25) is 4.79 Å². The molecule has 3 aromatic rings. The molecule has 5 N–H and O–H groups in total. The van der Waals surface area contributed by atoms with Gasteiger partial charge in [-0.25, -0.2) is 9.97 Å². The van der Waals surface area contributed by atoms with Crippen LogP contribution >= 0.6 is 11.3 Å². The number of nitrogens with two attached hydrogens (primary N) is 1. The topological polar surface area (TPSA) is 136 Å². The summed E-state index contributed by atoms with van der Waals surface area (Å²) in [5, 5.41) is 22.7. The molecule has 0 bridgehead atoms. The van der Waals surface area contributed by atoms with Gasteiger partial charge in [0.2, 0.25) is 0 Å². The van der Waals surface area contributed by atoms with Crippen molar-refractivity contribution in [2.24, 2.45) is 0 Å². The van der Waals surface area contributed by atoms with Crippen molar-refractivity contribution in [3.05, 3.63) is 29.5 Å². The van der Waals surface area contributed by atoms with Crippen LogP contribution in [-0.4, -0.2) is 56.5 Å². The van der Waals surface area contributed by atoms with Crippen molar-refractivity contribution in [2.75, 3.05) is 19.4 Å². The lowest BCUT2D eigenvalue weighted by atomic mass is 10.2. The molecule has 4 rings (SSSR count). The second-order valence-electron chi connectivity index (χ2n) is 6.27. The van der Waals surface area contributed by atoms with E-state index < -0.39 is 18.4 Å². The first-order valence-electron chi connectivity index (χ1n) is 8.41. The first-order chi connectivity index (χ1) is 13.0. The average molecular weight is 389 g/mol. The van der Waals surface area contributed by atoms with E-state index in [-0.39, 0.29) is 12.5 Å². The molecule has 4 heterocycles. The number of carbonyl (C=O) groups is 1. The van der Waals surface area contributed by atoms with Crippen molar-refractivity contribution < 1.29 is 19.7 Å². The number of aliphatic hydroxyl groups is 2. The fourth-order valence-corrected chi connectivity index (χ4v) is 4.26. The molecule has 27 heavy (non-hydrogen) atoms. The monoisotopic (exact) mass is 389 g/mol. The summed E-state index contributed by atoms with van der Waals surface area (Å²) in [5.74, 6) is 0.160. The summed E-state index contributed by atoms with van der Waals surface area (Å²) in [7, 11) is 1.58. The lowest BCUT2D eigenvalue weighted by Crippen LogP contribution is -2.24. The lowest BCUT2D eigenvalue weighted by molar-refractivity contribution is -0.0430. The molecule has 10 heteroatoms. The number of rotatable bonds is 4.